The number of rotatable bonds is 3. The Morgan fingerprint density at radius 3 is 2.63 bits per heavy atom. The lowest BCUT2D eigenvalue weighted by Crippen LogP contribution is -2.37. The number of hydrogen-bond acceptors (Lipinski definition) is 3. The summed E-state index contributed by atoms with van der Waals surface area (Å²) in [6.07, 6.45) is 5.67. The number of hydrogen-bond donors (Lipinski definition) is 2. The molecule has 152 valence electrons. The lowest BCUT2D eigenvalue weighted by atomic mass is 9.82. The Labute approximate surface area is 173 Å². The summed E-state index contributed by atoms with van der Waals surface area (Å²) in [6, 6.07) is 15.7. The molecule has 0 saturated heterocycles. The van der Waals surface area contributed by atoms with Gasteiger partial charge >= 0.3 is 0 Å². The van der Waals surface area contributed by atoms with Crippen molar-refractivity contribution in [2.24, 2.45) is 7.05 Å². The van der Waals surface area contributed by atoms with Crippen LogP contribution in [0.1, 0.15) is 47.7 Å². The minimum absolute atomic E-state index is 0.0193. The molecule has 5 rings (SSSR count). The van der Waals surface area contributed by atoms with E-state index in [9.17, 15) is 9.59 Å². The van der Waals surface area contributed by atoms with Gasteiger partial charge in [-0.15, -0.1) is 0 Å². The van der Waals surface area contributed by atoms with E-state index in [2.05, 4.69) is 15.5 Å². The molecule has 30 heavy (non-hydrogen) atoms. The lowest BCUT2D eigenvalue weighted by molar-refractivity contribution is 0.0926. The predicted octanol–water partition coefficient (Wildman–Crippen LogP) is 3.87. The zero-order valence-corrected chi connectivity index (χ0v) is 16.9. The maximum Gasteiger partial charge on any atom is 0.272 e. The van der Waals surface area contributed by atoms with Gasteiger partial charge in [0.25, 0.3) is 11.5 Å². The number of aromatic nitrogens is 3. The van der Waals surface area contributed by atoms with Crippen LogP contribution in [0.4, 0.5) is 0 Å². The normalized spacial score (nSPS) is 19.2. The Morgan fingerprint density at radius 2 is 1.83 bits per heavy atom. The third-order valence-corrected chi connectivity index (χ3v) is 6.32. The molecular weight excluding hydrogens is 376 g/mol. The lowest BCUT2D eigenvalue weighted by Gasteiger charge is -2.29. The first-order valence-electron chi connectivity index (χ1n) is 10.4. The summed E-state index contributed by atoms with van der Waals surface area (Å²) in [5.74, 6) is 0.272. The Balaban J connectivity index is 1.28. The van der Waals surface area contributed by atoms with Gasteiger partial charge < -0.3 is 9.88 Å². The van der Waals surface area contributed by atoms with Gasteiger partial charge in [0.15, 0.2) is 0 Å². The molecule has 0 bridgehead atoms. The molecule has 0 spiro atoms. The average Bonchev–Trinajstić information content (AvgIpc) is 3.15. The number of aryl methyl sites for hydroxylation is 1. The van der Waals surface area contributed by atoms with Gasteiger partial charge in [-0.1, -0.05) is 24.3 Å². The highest BCUT2D eigenvalue weighted by Crippen LogP contribution is 2.34. The van der Waals surface area contributed by atoms with Crippen LogP contribution in [0.15, 0.2) is 59.5 Å². The summed E-state index contributed by atoms with van der Waals surface area (Å²) in [5, 5.41) is 13.0. The molecule has 0 radical (unpaired) electrons. The van der Waals surface area contributed by atoms with Crippen molar-refractivity contribution in [3.63, 3.8) is 0 Å². The third kappa shape index (κ3) is 3.28. The Bertz CT molecular complexity index is 1300. The predicted molar refractivity (Wildman–Crippen MR) is 118 cm³/mol. The van der Waals surface area contributed by atoms with Crippen molar-refractivity contribution in [3.05, 3.63) is 76.3 Å². The molecule has 2 aromatic carbocycles. The minimum atomic E-state index is -0.148. The Morgan fingerprint density at radius 1 is 1.07 bits per heavy atom. The van der Waals surface area contributed by atoms with E-state index in [0.29, 0.717) is 16.9 Å². The molecule has 6 heteroatoms. The van der Waals surface area contributed by atoms with Gasteiger partial charge in [-0.2, -0.15) is 5.10 Å². The minimum Gasteiger partial charge on any atom is -0.351 e. The molecule has 0 unspecified atom stereocenters. The van der Waals surface area contributed by atoms with E-state index in [1.54, 1.807) is 0 Å². The summed E-state index contributed by atoms with van der Waals surface area (Å²) in [7, 11) is 1.99. The summed E-state index contributed by atoms with van der Waals surface area (Å²) in [6.45, 7) is 0. The van der Waals surface area contributed by atoms with Gasteiger partial charge in [0, 0.05) is 41.7 Å². The van der Waals surface area contributed by atoms with Crippen LogP contribution >= 0.6 is 0 Å². The molecule has 1 aliphatic rings. The van der Waals surface area contributed by atoms with E-state index < -0.39 is 0 Å². The molecule has 1 amide bonds. The van der Waals surface area contributed by atoms with Crippen molar-refractivity contribution in [2.45, 2.75) is 37.6 Å². The number of carbonyl (C=O) groups excluding carboxylic acids is 1. The number of benzene rings is 2. The molecule has 2 heterocycles. The molecule has 0 aliphatic heterocycles. The van der Waals surface area contributed by atoms with Crippen LogP contribution < -0.4 is 10.9 Å². The smallest absolute Gasteiger partial charge is 0.272 e. The summed E-state index contributed by atoms with van der Waals surface area (Å²) in [5.41, 5.74) is 2.57. The SMILES string of the molecule is Cn1ccc2ccc(C(=O)N[C@H]3CC[C@H](c4n[nH]c(=O)c5ccccc54)CC3)cc21. The summed E-state index contributed by atoms with van der Waals surface area (Å²) in [4.78, 5) is 24.8. The van der Waals surface area contributed by atoms with E-state index in [4.69, 9.17) is 0 Å². The topological polar surface area (TPSA) is 79.8 Å². The van der Waals surface area contributed by atoms with Crippen molar-refractivity contribution in [3.8, 4) is 0 Å². The highest BCUT2D eigenvalue weighted by molar-refractivity contribution is 5.98. The fourth-order valence-electron chi connectivity index (χ4n) is 4.63. The zero-order valence-electron chi connectivity index (χ0n) is 16.9. The van der Waals surface area contributed by atoms with Crippen molar-refractivity contribution in [1.82, 2.24) is 20.1 Å². The van der Waals surface area contributed by atoms with E-state index in [1.165, 1.54) is 0 Å². The number of nitrogens with zero attached hydrogens (tertiary/aromatic N) is 2. The van der Waals surface area contributed by atoms with E-state index in [-0.39, 0.29) is 17.5 Å². The van der Waals surface area contributed by atoms with E-state index in [0.717, 1.165) is 47.7 Å². The number of aromatic amines is 1. The molecule has 1 fully saturated rings. The van der Waals surface area contributed by atoms with Crippen LogP contribution in [0.5, 0.6) is 0 Å². The average molecular weight is 400 g/mol. The number of fused-ring (bicyclic) bond motifs is 2. The molecule has 1 aliphatic carbocycles. The second-order valence-corrected chi connectivity index (χ2v) is 8.21. The molecule has 2 aromatic heterocycles. The fourth-order valence-corrected chi connectivity index (χ4v) is 4.63. The van der Waals surface area contributed by atoms with Crippen molar-refractivity contribution in [2.75, 3.05) is 0 Å². The quantitative estimate of drug-likeness (QED) is 0.548. The molecule has 2 N–H and O–H groups in total. The highest BCUT2D eigenvalue weighted by Gasteiger charge is 2.26. The zero-order chi connectivity index (χ0) is 20.7. The fraction of sp³-hybridized carbons (Fsp3) is 0.292. The summed E-state index contributed by atoms with van der Waals surface area (Å²) < 4.78 is 2.03. The van der Waals surface area contributed by atoms with Gasteiger partial charge in [0.05, 0.1) is 11.1 Å². The monoisotopic (exact) mass is 400 g/mol. The van der Waals surface area contributed by atoms with E-state index in [1.807, 2.05) is 66.3 Å². The summed E-state index contributed by atoms with van der Waals surface area (Å²) >= 11 is 0. The highest BCUT2D eigenvalue weighted by atomic mass is 16.1. The van der Waals surface area contributed by atoms with Gasteiger partial charge in [-0.25, -0.2) is 5.10 Å². The first-order valence-corrected chi connectivity index (χ1v) is 10.4. The number of nitrogens with one attached hydrogen (secondary N) is 2. The maximum absolute atomic E-state index is 12.8. The number of H-pyrrole nitrogens is 1. The standard InChI is InChI=1S/C24H24N4O2/c1-28-13-12-15-6-7-17(14-21(15)28)23(29)25-18-10-8-16(9-11-18)22-19-4-2-3-5-20(19)24(30)27-26-22/h2-7,12-14,16,18H,8-11H2,1H3,(H,25,29)(H,27,30)/t16-,18-. The molecular formula is C24H24N4O2. The number of amides is 1. The Kier molecular flexibility index (Phi) is 4.62. The van der Waals surface area contributed by atoms with Crippen LogP contribution in [-0.4, -0.2) is 26.7 Å². The third-order valence-electron chi connectivity index (χ3n) is 6.32. The van der Waals surface area contributed by atoms with Gasteiger partial charge in [0.1, 0.15) is 0 Å². The molecule has 4 aromatic rings. The molecule has 6 nitrogen and oxygen atoms in total. The van der Waals surface area contributed by atoms with Crippen LogP contribution in [0.3, 0.4) is 0 Å². The van der Waals surface area contributed by atoms with Crippen molar-refractivity contribution < 1.29 is 4.79 Å². The maximum atomic E-state index is 12.8. The largest absolute Gasteiger partial charge is 0.351 e. The number of carbonyl (C=O) groups is 1. The van der Waals surface area contributed by atoms with E-state index >= 15 is 0 Å². The van der Waals surface area contributed by atoms with Crippen molar-refractivity contribution in [1.29, 1.82) is 0 Å². The second kappa shape index (κ2) is 7.44. The van der Waals surface area contributed by atoms with Gasteiger partial charge in [-0.05, 0) is 55.3 Å². The van der Waals surface area contributed by atoms with Crippen LogP contribution in [0.25, 0.3) is 21.7 Å². The first kappa shape index (κ1) is 18.6. The van der Waals surface area contributed by atoms with Gasteiger partial charge in [-0.3, -0.25) is 9.59 Å². The molecule has 1 saturated carbocycles. The first-order chi connectivity index (χ1) is 14.6. The van der Waals surface area contributed by atoms with Crippen molar-refractivity contribution >= 4 is 27.6 Å². The van der Waals surface area contributed by atoms with Crippen LogP contribution in [-0.2, 0) is 7.05 Å². The Hall–Kier alpha value is -3.41. The van der Waals surface area contributed by atoms with Crippen LogP contribution in [0.2, 0.25) is 0 Å². The molecule has 0 atom stereocenters. The van der Waals surface area contributed by atoms with Crippen LogP contribution in [0, 0.1) is 0 Å². The van der Waals surface area contributed by atoms with Gasteiger partial charge in [0.2, 0.25) is 0 Å². The second-order valence-electron chi connectivity index (χ2n) is 8.21.